The maximum Gasteiger partial charge on any atom is 0.271 e. The molecule has 2 aromatic heterocycles. The van der Waals surface area contributed by atoms with E-state index in [0.29, 0.717) is 12.2 Å². The number of carbonyl (C=O) groups excluding carboxylic acids is 3. The number of fused-ring (bicyclic) bond motifs is 3. The van der Waals surface area contributed by atoms with Gasteiger partial charge in [-0.15, -0.1) is 0 Å². The van der Waals surface area contributed by atoms with Gasteiger partial charge in [-0.25, -0.2) is 0 Å². The molecule has 0 aliphatic carbocycles. The number of amides is 3. The van der Waals surface area contributed by atoms with Gasteiger partial charge in [0, 0.05) is 24.1 Å². The van der Waals surface area contributed by atoms with Crippen LogP contribution in [0.3, 0.4) is 0 Å². The second kappa shape index (κ2) is 7.62. The predicted octanol–water partition coefficient (Wildman–Crippen LogP) is 1.31. The largest absolute Gasteiger partial charge is 0.349 e. The number of likely N-dealkylation sites (N-methyl/N-ethyl adjacent to an activating group) is 1. The zero-order valence-electron chi connectivity index (χ0n) is 16.9. The van der Waals surface area contributed by atoms with Gasteiger partial charge in [0.15, 0.2) is 0 Å². The van der Waals surface area contributed by atoms with Crippen molar-refractivity contribution in [2.45, 2.75) is 25.6 Å². The minimum atomic E-state index is -1.12. The van der Waals surface area contributed by atoms with Gasteiger partial charge in [0.25, 0.3) is 5.91 Å². The van der Waals surface area contributed by atoms with Crippen molar-refractivity contribution in [1.29, 1.82) is 0 Å². The van der Waals surface area contributed by atoms with Crippen LogP contribution in [0.1, 0.15) is 23.1 Å². The van der Waals surface area contributed by atoms with Crippen LogP contribution in [-0.2, 0) is 22.7 Å². The van der Waals surface area contributed by atoms with E-state index in [2.05, 4.69) is 15.6 Å². The Labute approximate surface area is 173 Å². The van der Waals surface area contributed by atoms with Gasteiger partial charge >= 0.3 is 0 Å². The summed E-state index contributed by atoms with van der Waals surface area (Å²) in [5.74, 6) is -0.932. The van der Waals surface area contributed by atoms with Crippen molar-refractivity contribution in [3.05, 3.63) is 66.1 Å². The van der Waals surface area contributed by atoms with Gasteiger partial charge in [0.05, 0.1) is 25.3 Å². The highest BCUT2D eigenvalue weighted by molar-refractivity contribution is 6.03. The van der Waals surface area contributed by atoms with Crippen molar-refractivity contribution < 1.29 is 14.4 Å². The second-order valence-electron chi connectivity index (χ2n) is 7.59. The third-order valence-corrected chi connectivity index (χ3v) is 5.63. The van der Waals surface area contributed by atoms with E-state index in [1.165, 1.54) is 4.90 Å². The minimum absolute atomic E-state index is 0.178. The molecule has 8 heteroatoms. The van der Waals surface area contributed by atoms with E-state index in [4.69, 9.17) is 0 Å². The molecule has 1 aliphatic heterocycles. The summed E-state index contributed by atoms with van der Waals surface area (Å²) in [4.78, 5) is 43.7. The van der Waals surface area contributed by atoms with Gasteiger partial charge in [0.1, 0.15) is 11.2 Å². The summed E-state index contributed by atoms with van der Waals surface area (Å²) in [6.45, 7) is 2.12. The van der Waals surface area contributed by atoms with Crippen molar-refractivity contribution in [3.63, 3.8) is 0 Å². The average Bonchev–Trinajstić information content (AvgIpc) is 3.13. The van der Waals surface area contributed by atoms with Crippen molar-refractivity contribution in [2.75, 3.05) is 13.6 Å². The van der Waals surface area contributed by atoms with Crippen LogP contribution >= 0.6 is 0 Å². The fourth-order valence-corrected chi connectivity index (χ4v) is 3.70. The summed E-state index contributed by atoms with van der Waals surface area (Å²) in [6, 6.07) is 15.0. The smallest absolute Gasteiger partial charge is 0.271 e. The number of nitrogens with zero attached hydrogens (tertiary/aromatic N) is 3. The molecule has 3 amide bonds. The van der Waals surface area contributed by atoms with Gasteiger partial charge in [0.2, 0.25) is 11.8 Å². The summed E-state index contributed by atoms with van der Waals surface area (Å²) in [5, 5.41) is 6.35. The molecule has 8 nitrogen and oxygen atoms in total. The highest BCUT2D eigenvalue weighted by Crippen LogP contribution is 2.31. The van der Waals surface area contributed by atoms with Crippen molar-refractivity contribution >= 4 is 28.6 Å². The SMILES string of the molecule is CN1C(=O)c2cc3ccccc3n2C[C@]1(C)C(=O)NCC(=O)NCc1ccccn1. The Kier molecular flexibility index (Phi) is 4.99. The molecule has 1 aliphatic rings. The van der Waals surface area contributed by atoms with Crippen LogP contribution in [0.4, 0.5) is 0 Å². The number of hydrogen-bond acceptors (Lipinski definition) is 4. The molecule has 0 saturated heterocycles. The highest BCUT2D eigenvalue weighted by atomic mass is 16.2. The number of benzene rings is 1. The predicted molar refractivity (Wildman–Crippen MR) is 112 cm³/mol. The standard InChI is InChI=1S/C22H23N5O3/c1-22(21(30)25-13-19(28)24-12-16-8-5-6-10-23-16)14-27-17-9-4-3-7-15(17)11-18(27)20(29)26(22)2/h3-11H,12-14H2,1-2H3,(H,24,28)(H,25,30)/t22-/m1/s1. The summed E-state index contributed by atoms with van der Waals surface area (Å²) in [5.41, 5.74) is 1.07. The molecule has 1 aromatic carbocycles. The van der Waals surface area contributed by atoms with Gasteiger partial charge in [-0.1, -0.05) is 24.3 Å². The quantitative estimate of drug-likeness (QED) is 0.669. The number of para-hydroxylation sites is 1. The molecular weight excluding hydrogens is 382 g/mol. The fourth-order valence-electron chi connectivity index (χ4n) is 3.70. The van der Waals surface area contributed by atoms with E-state index >= 15 is 0 Å². The Balaban J connectivity index is 1.45. The summed E-state index contributed by atoms with van der Waals surface area (Å²) in [6.07, 6.45) is 1.65. The lowest BCUT2D eigenvalue weighted by Crippen LogP contribution is -2.63. The van der Waals surface area contributed by atoms with Crippen LogP contribution in [0.5, 0.6) is 0 Å². The topological polar surface area (TPSA) is 96.3 Å². The molecule has 0 saturated carbocycles. The van der Waals surface area contributed by atoms with Gasteiger partial charge in [-0.3, -0.25) is 19.4 Å². The average molecular weight is 405 g/mol. The third-order valence-electron chi connectivity index (χ3n) is 5.63. The molecule has 0 radical (unpaired) electrons. The Morgan fingerprint density at radius 3 is 2.67 bits per heavy atom. The Hall–Kier alpha value is -3.68. The molecule has 0 unspecified atom stereocenters. The van der Waals surface area contributed by atoms with E-state index in [1.54, 1.807) is 26.2 Å². The molecule has 2 N–H and O–H groups in total. The first-order valence-corrected chi connectivity index (χ1v) is 9.71. The zero-order chi connectivity index (χ0) is 21.3. The first-order valence-electron chi connectivity index (χ1n) is 9.71. The Morgan fingerprint density at radius 2 is 1.90 bits per heavy atom. The van der Waals surface area contributed by atoms with Crippen molar-refractivity contribution in [3.8, 4) is 0 Å². The number of carbonyl (C=O) groups is 3. The fraction of sp³-hybridized carbons (Fsp3) is 0.273. The Morgan fingerprint density at radius 1 is 1.13 bits per heavy atom. The second-order valence-corrected chi connectivity index (χ2v) is 7.59. The molecule has 0 spiro atoms. The van der Waals surface area contributed by atoms with Crippen LogP contribution in [0.15, 0.2) is 54.7 Å². The molecule has 30 heavy (non-hydrogen) atoms. The lowest BCUT2D eigenvalue weighted by molar-refractivity contribution is -0.134. The van der Waals surface area contributed by atoms with Crippen LogP contribution in [0.25, 0.3) is 10.9 Å². The van der Waals surface area contributed by atoms with Gasteiger partial charge in [-0.05, 0) is 31.2 Å². The van der Waals surface area contributed by atoms with Gasteiger partial charge in [-0.2, -0.15) is 0 Å². The molecule has 3 heterocycles. The van der Waals surface area contributed by atoms with E-state index < -0.39 is 5.54 Å². The number of hydrogen-bond donors (Lipinski definition) is 2. The third kappa shape index (κ3) is 3.41. The van der Waals surface area contributed by atoms with Crippen LogP contribution in [-0.4, -0.2) is 51.3 Å². The van der Waals surface area contributed by atoms with Gasteiger partial charge < -0.3 is 20.1 Å². The van der Waals surface area contributed by atoms with Crippen LogP contribution < -0.4 is 10.6 Å². The summed E-state index contributed by atoms with van der Waals surface area (Å²) < 4.78 is 1.87. The number of rotatable bonds is 5. The van der Waals surface area contributed by atoms with Crippen LogP contribution in [0.2, 0.25) is 0 Å². The lowest BCUT2D eigenvalue weighted by atomic mass is 9.95. The Bertz CT molecular complexity index is 1120. The number of aromatic nitrogens is 2. The van der Waals surface area contributed by atoms with E-state index in [9.17, 15) is 14.4 Å². The molecular formula is C22H23N5O3. The molecule has 4 rings (SSSR count). The maximum absolute atomic E-state index is 13.0. The normalized spacial score (nSPS) is 18.2. The van der Waals surface area contributed by atoms with Crippen molar-refractivity contribution in [2.24, 2.45) is 0 Å². The molecule has 0 fully saturated rings. The van der Waals surface area contributed by atoms with Crippen molar-refractivity contribution in [1.82, 2.24) is 25.1 Å². The molecule has 1 atom stereocenters. The molecule has 3 aromatic rings. The van der Waals surface area contributed by atoms with E-state index in [0.717, 1.165) is 16.6 Å². The zero-order valence-corrected chi connectivity index (χ0v) is 16.9. The van der Waals surface area contributed by atoms with Crippen LogP contribution in [0, 0.1) is 0 Å². The van der Waals surface area contributed by atoms with E-state index in [-0.39, 0.29) is 30.8 Å². The van der Waals surface area contributed by atoms with E-state index in [1.807, 2.05) is 47.0 Å². The molecule has 154 valence electrons. The first kappa shape index (κ1) is 19.6. The monoisotopic (exact) mass is 405 g/mol. The minimum Gasteiger partial charge on any atom is -0.349 e. The molecule has 0 bridgehead atoms. The lowest BCUT2D eigenvalue weighted by Gasteiger charge is -2.41. The first-order chi connectivity index (χ1) is 14.4. The summed E-state index contributed by atoms with van der Waals surface area (Å²) >= 11 is 0. The maximum atomic E-state index is 13.0. The number of pyridine rings is 1. The highest BCUT2D eigenvalue weighted by Gasteiger charge is 2.45. The summed E-state index contributed by atoms with van der Waals surface area (Å²) in [7, 11) is 1.62. The number of nitrogens with one attached hydrogen (secondary N) is 2.